The van der Waals surface area contributed by atoms with Crippen LogP contribution in [-0.2, 0) is 11.2 Å². The highest BCUT2D eigenvalue weighted by Crippen LogP contribution is 2.28. The van der Waals surface area contributed by atoms with E-state index in [0.29, 0.717) is 31.5 Å². The summed E-state index contributed by atoms with van der Waals surface area (Å²) < 4.78 is 16.2. The average molecular weight is 288 g/mol. The molecule has 0 radical (unpaired) electrons. The van der Waals surface area contributed by atoms with Crippen LogP contribution in [0.25, 0.3) is 0 Å². The van der Waals surface area contributed by atoms with E-state index < -0.39 is 0 Å². The standard InChI is InChI=1S/C14H22ClNO3/c1-11(16)9-12-3-4-13(14(10-12)17-2)19-8-7-18-6-5-15/h3-4,10-11H,5-9,16H2,1-2H3. The molecule has 0 aliphatic carbocycles. The van der Waals surface area contributed by atoms with E-state index in [1.54, 1.807) is 7.11 Å². The largest absolute Gasteiger partial charge is 0.493 e. The molecular weight excluding hydrogens is 266 g/mol. The molecule has 108 valence electrons. The van der Waals surface area contributed by atoms with Crippen molar-refractivity contribution in [3.8, 4) is 11.5 Å². The number of alkyl halides is 1. The molecule has 1 rings (SSSR count). The Kier molecular flexibility index (Phi) is 7.63. The molecule has 1 aromatic carbocycles. The van der Waals surface area contributed by atoms with Gasteiger partial charge in [-0.15, -0.1) is 11.6 Å². The Bertz CT molecular complexity index is 372. The van der Waals surface area contributed by atoms with Crippen molar-refractivity contribution in [3.63, 3.8) is 0 Å². The first-order valence-electron chi connectivity index (χ1n) is 6.36. The van der Waals surface area contributed by atoms with Gasteiger partial charge in [-0.05, 0) is 31.0 Å². The minimum Gasteiger partial charge on any atom is -0.493 e. The molecule has 0 amide bonds. The van der Waals surface area contributed by atoms with Crippen molar-refractivity contribution >= 4 is 11.6 Å². The Morgan fingerprint density at radius 2 is 2.00 bits per heavy atom. The van der Waals surface area contributed by atoms with E-state index in [2.05, 4.69) is 0 Å². The van der Waals surface area contributed by atoms with Crippen LogP contribution in [0.15, 0.2) is 18.2 Å². The minimum absolute atomic E-state index is 0.125. The van der Waals surface area contributed by atoms with Crippen LogP contribution in [0.1, 0.15) is 12.5 Å². The number of methoxy groups -OCH3 is 1. The fourth-order valence-electron chi connectivity index (χ4n) is 1.70. The predicted octanol–water partition coefficient (Wildman–Crippen LogP) is 2.22. The van der Waals surface area contributed by atoms with Crippen LogP contribution < -0.4 is 15.2 Å². The van der Waals surface area contributed by atoms with Crippen molar-refractivity contribution in [1.29, 1.82) is 0 Å². The van der Waals surface area contributed by atoms with Crippen molar-refractivity contribution in [3.05, 3.63) is 23.8 Å². The van der Waals surface area contributed by atoms with Gasteiger partial charge in [0, 0.05) is 11.9 Å². The molecule has 1 atom stereocenters. The highest BCUT2D eigenvalue weighted by atomic mass is 35.5. The molecule has 1 aromatic rings. The third-order valence-corrected chi connectivity index (χ3v) is 2.65. The van der Waals surface area contributed by atoms with Crippen molar-refractivity contribution in [2.24, 2.45) is 5.73 Å². The maximum absolute atomic E-state index is 5.78. The van der Waals surface area contributed by atoms with Gasteiger partial charge in [-0.3, -0.25) is 0 Å². The van der Waals surface area contributed by atoms with E-state index in [-0.39, 0.29) is 6.04 Å². The quantitative estimate of drug-likeness (QED) is 0.559. The van der Waals surface area contributed by atoms with Gasteiger partial charge in [0.1, 0.15) is 6.61 Å². The lowest BCUT2D eigenvalue weighted by atomic mass is 10.1. The monoisotopic (exact) mass is 287 g/mol. The number of rotatable bonds is 9. The van der Waals surface area contributed by atoms with Gasteiger partial charge in [0.05, 0.1) is 20.3 Å². The Hall–Kier alpha value is -0.970. The normalized spacial score (nSPS) is 12.2. The summed E-state index contributed by atoms with van der Waals surface area (Å²) in [7, 11) is 1.63. The smallest absolute Gasteiger partial charge is 0.161 e. The van der Waals surface area contributed by atoms with Crippen LogP contribution in [-0.4, -0.2) is 38.9 Å². The molecule has 1 unspecified atom stereocenters. The maximum Gasteiger partial charge on any atom is 0.161 e. The fourth-order valence-corrected chi connectivity index (χ4v) is 1.81. The first-order valence-corrected chi connectivity index (χ1v) is 6.89. The van der Waals surface area contributed by atoms with Crippen LogP contribution in [0.2, 0.25) is 0 Å². The molecule has 2 N–H and O–H groups in total. The minimum atomic E-state index is 0.125. The molecule has 0 aliphatic heterocycles. The summed E-state index contributed by atoms with van der Waals surface area (Å²) in [6.07, 6.45) is 0.815. The van der Waals surface area contributed by atoms with E-state index in [4.69, 9.17) is 31.5 Å². The zero-order chi connectivity index (χ0) is 14.1. The van der Waals surface area contributed by atoms with Gasteiger partial charge in [0.15, 0.2) is 11.5 Å². The predicted molar refractivity (Wildman–Crippen MR) is 77.4 cm³/mol. The van der Waals surface area contributed by atoms with Gasteiger partial charge >= 0.3 is 0 Å². The number of halogens is 1. The fraction of sp³-hybridized carbons (Fsp3) is 0.571. The molecule has 0 bridgehead atoms. The number of nitrogens with two attached hydrogens (primary N) is 1. The van der Waals surface area contributed by atoms with Crippen LogP contribution >= 0.6 is 11.6 Å². The molecule has 5 heteroatoms. The van der Waals surface area contributed by atoms with Crippen molar-refractivity contribution in [1.82, 2.24) is 0 Å². The lowest BCUT2D eigenvalue weighted by Gasteiger charge is -2.13. The van der Waals surface area contributed by atoms with Crippen LogP contribution in [0, 0.1) is 0 Å². The molecule has 0 heterocycles. The Morgan fingerprint density at radius 1 is 1.21 bits per heavy atom. The van der Waals surface area contributed by atoms with Crippen molar-refractivity contribution in [2.45, 2.75) is 19.4 Å². The summed E-state index contributed by atoms with van der Waals surface area (Å²) in [6.45, 7) is 3.50. The van der Waals surface area contributed by atoms with Gasteiger partial charge in [-0.2, -0.15) is 0 Å². The second kappa shape index (κ2) is 9.02. The van der Waals surface area contributed by atoms with Crippen LogP contribution in [0.5, 0.6) is 11.5 Å². The number of ether oxygens (including phenoxy) is 3. The van der Waals surface area contributed by atoms with Crippen LogP contribution in [0.3, 0.4) is 0 Å². The van der Waals surface area contributed by atoms with E-state index in [9.17, 15) is 0 Å². The molecule has 0 fully saturated rings. The summed E-state index contributed by atoms with van der Waals surface area (Å²) >= 11 is 5.51. The van der Waals surface area contributed by atoms with Gasteiger partial charge in [-0.1, -0.05) is 6.07 Å². The zero-order valence-corrected chi connectivity index (χ0v) is 12.3. The first kappa shape index (κ1) is 16.1. The second-order valence-electron chi connectivity index (χ2n) is 4.32. The molecule has 0 spiro atoms. The van der Waals surface area contributed by atoms with E-state index >= 15 is 0 Å². The molecule has 0 aromatic heterocycles. The van der Waals surface area contributed by atoms with Crippen molar-refractivity contribution in [2.75, 3.05) is 32.8 Å². The summed E-state index contributed by atoms with van der Waals surface area (Å²) in [5, 5.41) is 0. The summed E-state index contributed by atoms with van der Waals surface area (Å²) in [4.78, 5) is 0. The number of hydrogen-bond acceptors (Lipinski definition) is 4. The highest BCUT2D eigenvalue weighted by Gasteiger charge is 2.07. The Morgan fingerprint density at radius 3 is 2.63 bits per heavy atom. The second-order valence-corrected chi connectivity index (χ2v) is 4.69. The Labute approximate surface area is 119 Å². The lowest BCUT2D eigenvalue weighted by Crippen LogP contribution is -2.17. The molecule has 4 nitrogen and oxygen atoms in total. The zero-order valence-electron chi connectivity index (χ0n) is 11.5. The summed E-state index contributed by atoms with van der Waals surface area (Å²) in [6, 6.07) is 5.98. The number of benzene rings is 1. The third-order valence-electron chi connectivity index (χ3n) is 2.49. The molecule has 0 saturated carbocycles. The first-order chi connectivity index (χ1) is 9.17. The van der Waals surface area contributed by atoms with Gasteiger partial charge < -0.3 is 19.9 Å². The van der Waals surface area contributed by atoms with Crippen molar-refractivity contribution < 1.29 is 14.2 Å². The maximum atomic E-state index is 5.78. The highest BCUT2D eigenvalue weighted by molar-refractivity contribution is 6.17. The Balaban J connectivity index is 2.53. The number of hydrogen-bond donors (Lipinski definition) is 1. The summed E-state index contributed by atoms with van der Waals surface area (Å²) in [5.74, 6) is 1.93. The summed E-state index contributed by atoms with van der Waals surface area (Å²) in [5.41, 5.74) is 6.92. The lowest BCUT2D eigenvalue weighted by molar-refractivity contribution is 0.110. The average Bonchev–Trinajstić information content (AvgIpc) is 2.39. The molecule has 0 aliphatic rings. The van der Waals surface area contributed by atoms with Crippen LogP contribution in [0.4, 0.5) is 0 Å². The van der Waals surface area contributed by atoms with Gasteiger partial charge in [0.25, 0.3) is 0 Å². The molecular formula is C14H22ClNO3. The van der Waals surface area contributed by atoms with E-state index in [1.807, 2.05) is 25.1 Å². The topological polar surface area (TPSA) is 53.7 Å². The van der Waals surface area contributed by atoms with Gasteiger partial charge in [0.2, 0.25) is 0 Å². The molecule has 19 heavy (non-hydrogen) atoms. The third kappa shape index (κ3) is 6.14. The van der Waals surface area contributed by atoms with E-state index in [1.165, 1.54) is 0 Å². The molecule has 0 saturated heterocycles. The SMILES string of the molecule is COc1cc(CC(C)N)ccc1OCCOCCCl. The van der Waals surface area contributed by atoms with E-state index in [0.717, 1.165) is 17.7 Å². The van der Waals surface area contributed by atoms with Gasteiger partial charge in [-0.25, -0.2) is 0 Å².